The second-order valence-corrected chi connectivity index (χ2v) is 5.58. The van der Waals surface area contributed by atoms with Gasteiger partial charge >= 0.3 is 0 Å². The van der Waals surface area contributed by atoms with Gasteiger partial charge in [-0.25, -0.2) is 9.97 Å². The number of nitrogens with zero attached hydrogens (tertiary/aromatic N) is 3. The van der Waals surface area contributed by atoms with Crippen molar-refractivity contribution in [2.45, 2.75) is 44.7 Å². The highest BCUT2D eigenvalue weighted by molar-refractivity contribution is 5.49. The summed E-state index contributed by atoms with van der Waals surface area (Å²) in [7, 11) is 0. The first-order valence-corrected chi connectivity index (χ1v) is 7.19. The van der Waals surface area contributed by atoms with Crippen molar-refractivity contribution in [3.05, 3.63) is 36.5 Å². The highest BCUT2D eigenvalue weighted by Crippen LogP contribution is 2.22. The molecule has 0 spiro atoms. The van der Waals surface area contributed by atoms with E-state index in [0.29, 0.717) is 12.1 Å². The van der Waals surface area contributed by atoms with Crippen molar-refractivity contribution in [2.75, 3.05) is 5.32 Å². The van der Waals surface area contributed by atoms with Crippen LogP contribution >= 0.6 is 0 Å². The Labute approximate surface area is 119 Å². The van der Waals surface area contributed by atoms with Crippen LogP contribution in [0.3, 0.4) is 0 Å². The maximum absolute atomic E-state index is 5.94. The number of aromatic nitrogens is 3. The summed E-state index contributed by atoms with van der Waals surface area (Å²) >= 11 is 0. The number of nitrogens with one attached hydrogen (secondary N) is 1. The van der Waals surface area contributed by atoms with Gasteiger partial charge < -0.3 is 15.6 Å². The quantitative estimate of drug-likeness (QED) is 0.898. The number of anilines is 1. The topological polar surface area (TPSA) is 68.8 Å². The minimum absolute atomic E-state index is 0.375. The van der Waals surface area contributed by atoms with Gasteiger partial charge in [-0.05, 0) is 38.2 Å². The molecule has 1 saturated carbocycles. The highest BCUT2D eigenvalue weighted by atomic mass is 15.1. The Bertz CT molecular complexity index is 556. The number of pyridine rings is 1. The van der Waals surface area contributed by atoms with Crippen molar-refractivity contribution in [3.63, 3.8) is 0 Å². The van der Waals surface area contributed by atoms with E-state index in [4.69, 9.17) is 5.73 Å². The molecule has 1 aliphatic carbocycles. The van der Waals surface area contributed by atoms with Crippen LogP contribution in [-0.4, -0.2) is 26.6 Å². The van der Waals surface area contributed by atoms with Crippen molar-refractivity contribution >= 4 is 5.82 Å². The van der Waals surface area contributed by atoms with Crippen LogP contribution in [0.15, 0.2) is 31.0 Å². The Morgan fingerprint density at radius 1 is 1.30 bits per heavy atom. The molecule has 0 amide bonds. The molecule has 0 radical (unpaired) electrons. The molecule has 3 rings (SSSR count). The zero-order chi connectivity index (χ0) is 13.9. The van der Waals surface area contributed by atoms with Gasteiger partial charge in [0.25, 0.3) is 0 Å². The van der Waals surface area contributed by atoms with Crippen LogP contribution < -0.4 is 11.1 Å². The Kier molecular flexibility index (Phi) is 3.69. The molecule has 0 unspecified atom stereocenters. The maximum Gasteiger partial charge on any atom is 0.128 e. The standard InChI is InChI=1S/C15H21N5/c1-11-9-18-15(8-14(11)20-7-6-17-10-20)19-13-4-2-12(16)3-5-13/h6-10,12-13H,2-5,16H2,1H3,(H,18,19). The molecule has 1 aliphatic rings. The summed E-state index contributed by atoms with van der Waals surface area (Å²) in [5.74, 6) is 0.930. The Morgan fingerprint density at radius 3 is 2.80 bits per heavy atom. The van der Waals surface area contributed by atoms with E-state index in [1.165, 1.54) is 0 Å². The van der Waals surface area contributed by atoms with Gasteiger partial charge in [-0.2, -0.15) is 0 Å². The minimum atomic E-state index is 0.375. The number of hydrogen-bond donors (Lipinski definition) is 2. The summed E-state index contributed by atoms with van der Waals surface area (Å²) in [6.45, 7) is 2.06. The van der Waals surface area contributed by atoms with Crippen LogP contribution in [-0.2, 0) is 0 Å². The van der Waals surface area contributed by atoms with Crippen LogP contribution in [0.5, 0.6) is 0 Å². The highest BCUT2D eigenvalue weighted by Gasteiger charge is 2.18. The van der Waals surface area contributed by atoms with E-state index >= 15 is 0 Å². The van der Waals surface area contributed by atoms with Crippen molar-refractivity contribution < 1.29 is 0 Å². The maximum atomic E-state index is 5.94. The lowest BCUT2D eigenvalue weighted by atomic mass is 9.92. The summed E-state index contributed by atoms with van der Waals surface area (Å²) < 4.78 is 2.01. The number of nitrogens with two attached hydrogens (primary N) is 1. The molecule has 2 heterocycles. The van der Waals surface area contributed by atoms with E-state index < -0.39 is 0 Å². The third-order valence-electron chi connectivity index (χ3n) is 3.98. The van der Waals surface area contributed by atoms with Crippen LogP contribution in [0, 0.1) is 6.92 Å². The van der Waals surface area contributed by atoms with Gasteiger partial charge in [0, 0.05) is 36.7 Å². The molecule has 20 heavy (non-hydrogen) atoms. The molecule has 0 aliphatic heterocycles. The molecule has 0 atom stereocenters. The van der Waals surface area contributed by atoms with Crippen LogP contribution in [0.4, 0.5) is 5.82 Å². The first kappa shape index (κ1) is 13.1. The van der Waals surface area contributed by atoms with Crippen LogP contribution in [0.1, 0.15) is 31.2 Å². The number of rotatable bonds is 3. The summed E-state index contributed by atoms with van der Waals surface area (Å²) in [6.07, 6.45) is 11.9. The molecular formula is C15H21N5. The molecule has 106 valence electrons. The number of hydrogen-bond acceptors (Lipinski definition) is 4. The zero-order valence-corrected chi connectivity index (χ0v) is 11.8. The van der Waals surface area contributed by atoms with Crippen molar-refractivity contribution in [3.8, 4) is 5.69 Å². The van der Waals surface area contributed by atoms with Crippen molar-refractivity contribution in [2.24, 2.45) is 5.73 Å². The summed E-state index contributed by atoms with van der Waals surface area (Å²) in [6, 6.07) is 2.95. The fourth-order valence-corrected chi connectivity index (χ4v) is 2.74. The predicted molar refractivity (Wildman–Crippen MR) is 80.0 cm³/mol. The third kappa shape index (κ3) is 2.82. The van der Waals surface area contributed by atoms with E-state index in [-0.39, 0.29) is 0 Å². The van der Waals surface area contributed by atoms with Crippen LogP contribution in [0.2, 0.25) is 0 Å². The lowest BCUT2D eigenvalue weighted by molar-refractivity contribution is 0.410. The summed E-state index contributed by atoms with van der Waals surface area (Å²) in [5.41, 5.74) is 8.20. The van der Waals surface area contributed by atoms with Crippen molar-refractivity contribution in [1.82, 2.24) is 14.5 Å². The zero-order valence-electron chi connectivity index (χ0n) is 11.8. The molecular weight excluding hydrogens is 250 g/mol. The average molecular weight is 271 g/mol. The molecule has 5 heteroatoms. The number of aryl methyl sites for hydroxylation is 1. The smallest absolute Gasteiger partial charge is 0.128 e. The van der Waals surface area contributed by atoms with Crippen LogP contribution in [0.25, 0.3) is 5.69 Å². The molecule has 0 saturated heterocycles. The van der Waals surface area contributed by atoms with E-state index in [1.54, 1.807) is 6.20 Å². The normalized spacial score (nSPS) is 22.7. The second kappa shape index (κ2) is 5.63. The van der Waals surface area contributed by atoms with Crippen molar-refractivity contribution in [1.29, 1.82) is 0 Å². The van der Waals surface area contributed by atoms with Gasteiger partial charge in [0.1, 0.15) is 5.82 Å². The molecule has 2 aromatic rings. The minimum Gasteiger partial charge on any atom is -0.367 e. The van der Waals surface area contributed by atoms with E-state index in [0.717, 1.165) is 42.8 Å². The molecule has 5 nitrogen and oxygen atoms in total. The van der Waals surface area contributed by atoms with Gasteiger partial charge in [0.2, 0.25) is 0 Å². The van der Waals surface area contributed by atoms with E-state index in [1.807, 2.05) is 23.3 Å². The first-order chi connectivity index (χ1) is 9.72. The SMILES string of the molecule is Cc1cnc(NC2CCC(N)CC2)cc1-n1ccnc1. The molecule has 0 bridgehead atoms. The fraction of sp³-hybridized carbons (Fsp3) is 0.467. The Balaban J connectivity index is 1.76. The Morgan fingerprint density at radius 2 is 2.10 bits per heavy atom. The molecule has 1 fully saturated rings. The third-order valence-corrected chi connectivity index (χ3v) is 3.98. The molecule has 3 N–H and O–H groups in total. The Hall–Kier alpha value is -1.88. The van der Waals surface area contributed by atoms with Gasteiger partial charge in [0.15, 0.2) is 0 Å². The lowest BCUT2D eigenvalue weighted by Gasteiger charge is -2.27. The molecule has 0 aromatic carbocycles. The van der Waals surface area contributed by atoms with Gasteiger partial charge in [-0.1, -0.05) is 0 Å². The van der Waals surface area contributed by atoms with Gasteiger partial charge in [-0.15, -0.1) is 0 Å². The summed E-state index contributed by atoms with van der Waals surface area (Å²) in [4.78, 5) is 8.59. The largest absolute Gasteiger partial charge is 0.367 e. The second-order valence-electron chi connectivity index (χ2n) is 5.58. The van der Waals surface area contributed by atoms with E-state index in [9.17, 15) is 0 Å². The average Bonchev–Trinajstić information content (AvgIpc) is 2.97. The monoisotopic (exact) mass is 271 g/mol. The van der Waals surface area contributed by atoms with Gasteiger partial charge in [0.05, 0.1) is 12.0 Å². The fourth-order valence-electron chi connectivity index (χ4n) is 2.74. The molecule has 2 aromatic heterocycles. The number of imidazole rings is 1. The lowest BCUT2D eigenvalue weighted by Crippen LogP contribution is -2.33. The van der Waals surface area contributed by atoms with E-state index in [2.05, 4.69) is 28.3 Å². The summed E-state index contributed by atoms with van der Waals surface area (Å²) in [5, 5.41) is 3.53. The van der Waals surface area contributed by atoms with Gasteiger partial charge in [-0.3, -0.25) is 0 Å². The predicted octanol–water partition coefficient (Wildman–Crippen LogP) is 2.26. The first-order valence-electron chi connectivity index (χ1n) is 7.19.